The maximum atomic E-state index is 6.25. The van der Waals surface area contributed by atoms with Gasteiger partial charge in [-0.2, -0.15) is 5.10 Å². The van der Waals surface area contributed by atoms with Crippen molar-refractivity contribution in [2.45, 2.75) is 25.8 Å². The van der Waals surface area contributed by atoms with Crippen LogP contribution in [0.25, 0.3) is 0 Å². The van der Waals surface area contributed by atoms with Crippen LogP contribution in [0.4, 0.5) is 0 Å². The molecule has 0 aliphatic carbocycles. The highest BCUT2D eigenvalue weighted by atomic mass is 35.5. The van der Waals surface area contributed by atoms with Crippen LogP contribution in [0.3, 0.4) is 0 Å². The first-order valence-electron chi connectivity index (χ1n) is 6.52. The quantitative estimate of drug-likeness (QED) is 0.883. The van der Waals surface area contributed by atoms with Crippen molar-refractivity contribution < 1.29 is 0 Å². The molecular weight excluding hydrogens is 260 g/mol. The average Bonchev–Trinajstić information content (AvgIpc) is 2.75. The third-order valence-electron chi connectivity index (χ3n) is 3.10. The Kier molecular flexibility index (Phi) is 4.93. The minimum atomic E-state index is 0.169. The predicted molar refractivity (Wildman–Crippen MR) is 77.2 cm³/mol. The highest BCUT2D eigenvalue weighted by Crippen LogP contribution is 2.25. The van der Waals surface area contributed by atoms with E-state index in [2.05, 4.69) is 22.3 Å². The number of hydrogen-bond donors (Lipinski definition) is 1. The number of pyridine rings is 1. The number of nitrogens with one attached hydrogen (secondary N) is 1. The van der Waals surface area contributed by atoms with Gasteiger partial charge in [0.1, 0.15) is 0 Å². The number of halogens is 1. The molecule has 2 aromatic rings. The van der Waals surface area contributed by atoms with Gasteiger partial charge in [0.2, 0.25) is 0 Å². The molecule has 0 aliphatic heterocycles. The molecule has 0 spiro atoms. The maximum absolute atomic E-state index is 6.25. The second-order valence-electron chi connectivity index (χ2n) is 4.57. The van der Waals surface area contributed by atoms with E-state index in [1.54, 1.807) is 6.20 Å². The SMILES string of the molecule is CCCNC(Cc1ccncc1)c1c(Cl)cnn1C. The second-order valence-corrected chi connectivity index (χ2v) is 4.97. The summed E-state index contributed by atoms with van der Waals surface area (Å²) < 4.78 is 1.84. The summed E-state index contributed by atoms with van der Waals surface area (Å²) in [5.74, 6) is 0. The van der Waals surface area contributed by atoms with Crippen LogP contribution in [0.15, 0.2) is 30.7 Å². The highest BCUT2D eigenvalue weighted by molar-refractivity contribution is 6.31. The van der Waals surface area contributed by atoms with Crippen molar-refractivity contribution in [1.29, 1.82) is 0 Å². The van der Waals surface area contributed by atoms with Crippen LogP contribution in [0, 0.1) is 0 Å². The van der Waals surface area contributed by atoms with Crippen LogP contribution in [0.2, 0.25) is 5.02 Å². The zero-order valence-electron chi connectivity index (χ0n) is 11.3. The van der Waals surface area contributed by atoms with E-state index in [9.17, 15) is 0 Å². The van der Waals surface area contributed by atoms with E-state index in [0.717, 1.165) is 25.1 Å². The fourth-order valence-corrected chi connectivity index (χ4v) is 2.45. The fraction of sp³-hybridized carbons (Fsp3) is 0.429. The summed E-state index contributed by atoms with van der Waals surface area (Å²) in [5.41, 5.74) is 2.27. The largest absolute Gasteiger partial charge is 0.308 e. The molecule has 0 aliphatic rings. The molecule has 2 rings (SSSR count). The van der Waals surface area contributed by atoms with E-state index < -0.39 is 0 Å². The van der Waals surface area contributed by atoms with Crippen molar-refractivity contribution in [3.63, 3.8) is 0 Å². The van der Waals surface area contributed by atoms with Gasteiger partial charge in [0.25, 0.3) is 0 Å². The molecule has 1 N–H and O–H groups in total. The number of nitrogens with zero attached hydrogens (tertiary/aromatic N) is 3. The van der Waals surface area contributed by atoms with E-state index in [-0.39, 0.29) is 6.04 Å². The van der Waals surface area contributed by atoms with Crippen LogP contribution in [-0.4, -0.2) is 21.3 Å². The molecular formula is C14H19ClN4. The van der Waals surface area contributed by atoms with Crippen LogP contribution in [0.5, 0.6) is 0 Å². The van der Waals surface area contributed by atoms with Gasteiger partial charge < -0.3 is 5.32 Å². The Labute approximate surface area is 118 Å². The first kappa shape index (κ1) is 14.0. The number of aryl methyl sites for hydroxylation is 1. The summed E-state index contributed by atoms with van der Waals surface area (Å²) in [4.78, 5) is 4.05. The Balaban J connectivity index is 2.21. The Morgan fingerprint density at radius 3 is 2.68 bits per heavy atom. The third kappa shape index (κ3) is 3.55. The molecule has 0 saturated heterocycles. The first-order valence-corrected chi connectivity index (χ1v) is 6.89. The van der Waals surface area contributed by atoms with Crippen LogP contribution in [0.1, 0.15) is 30.6 Å². The van der Waals surface area contributed by atoms with Gasteiger partial charge in [0, 0.05) is 19.4 Å². The minimum Gasteiger partial charge on any atom is -0.308 e. The summed E-state index contributed by atoms with van der Waals surface area (Å²) in [5, 5.41) is 8.47. The summed E-state index contributed by atoms with van der Waals surface area (Å²) in [6.45, 7) is 3.11. The van der Waals surface area contributed by atoms with Crippen molar-refractivity contribution in [2.24, 2.45) is 7.05 Å². The Morgan fingerprint density at radius 2 is 2.11 bits per heavy atom. The van der Waals surface area contributed by atoms with Gasteiger partial charge in [0.05, 0.1) is 23.0 Å². The van der Waals surface area contributed by atoms with Gasteiger partial charge in [-0.3, -0.25) is 9.67 Å². The Bertz CT molecular complexity index is 490. The lowest BCUT2D eigenvalue weighted by Gasteiger charge is -2.19. The summed E-state index contributed by atoms with van der Waals surface area (Å²) in [6.07, 6.45) is 7.29. The Morgan fingerprint density at radius 1 is 1.37 bits per heavy atom. The van der Waals surface area contributed by atoms with Crippen molar-refractivity contribution in [1.82, 2.24) is 20.1 Å². The van der Waals surface area contributed by atoms with Crippen molar-refractivity contribution in [2.75, 3.05) is 6.54 Å². The molecule has 19 heavy (non-hydrogen) atoms. The van der Waals surface area contributed by atoms with Gasteiger partial charge in [-0.15, -0.1) is 0 Å². The monoisotopic (exact) mass is 278 g/mol. The lowest BCUT2D eigenvalue weighted by atomic mass is 10.0. The van der Waals surface area contributed by atoms with E-state index >= 15 is 0 Å². The second kappa shape index (κ2) is 6.68. The van der Waals surface area contributed by atoms with E-state index in [1.165, 1.54) is 5.56 Å². The van der Waals surface area contributed by atoms with E-state index in [4.69, 9.17) is 11.6 Å². The lowest BCUT2D eigenvalue weighted by Crippen LogP contribution is -2.26. The Hall–Kier alpha value is -1.39. The van der Waals surface area contributed by atoms with Crippen LogP contribution in [-0.2, 0) is 13.5 Å². The molecule has 102 valence electrons. The molecule has 0 fully saturated rings. The maximum Gasteiger partial charge on any atom is 0.0834 e. The predicted octanol–water partition coefficient (Wildman–Crippen LogP) is 2.75. The van der Waals surface area contributed by atoms with Gasteiger partial charge in [-0.05, 0) is 37.1 Å². The fourth-order valence-electron chi connectivity index (χ4n) is 2.15. The first-order chi connectivity index (χ1) is 9.22. The summed E-state index contributed by atoms with van der Waals surface area (Å²) in [6, 6.07) is 4.23. The van der Waals surface area contributed by atoms with Crippen molar-refractivity contribution in [3.05, 3.63) is 47.0 Å². The molecule has 0 saturated carbocycles. The van der Waals surface area contributed by atoms with Crippen LogP contribution < -0.4 is 5.32 Å². The smallest absolute Gasteiger partial charge is 0.0834 e. The van der Waals surface area contributed by atoms with Gasteiger partial charge in [-0.25, -0.2) is 0 Å². The molecule has 0 aromatic carbocycles. The molecule has 2 aromatic heterocycles. The van der Waals surface area contributed by atoms with Gasteiger partial charge >= 0.3 is 0 Å². The van der Waals surface area contributed by atoms with Crippen LogP contribution >= 0.6 is 11.6 Å². The standard InChI is InChI=1S/C14H19ClN4/c1-3-6-17-13(9-11-4-7-16-8-5-11)14-12(15)10-18-19(14)2/h4-5,7-8,10,13,17H,3,6,9H2,1-2H3. The molecule has 0 radical (unpaired) electrons. The molecule has 1 atom stereocenters. The molecule has 0 bridgehead atoms. The van der Waals surface area contributed by atoms with E-state index in [1.807, 2.05) is 36.3 Å². The lowest BCUT2D eigenvalue weighted by molar-refractivity contribution is 0.493. The summed E-state index contributed by atoms with van der Waals surface area (Å²) in [7, 11) is 1.92. The molecule has 0 amide bonds. The van der Waals surface area contributed by atoms with Gasteiger partial charge in [-0.1, -0.05) is 18.5 Å². The summed E-state index contributed by atoms with van der Waals surface area (Å²) >= 11 is 6.25. The van der Waals surface area contributed by atoms with Crippen molar-refractivity contribution >= 4 is 11.6 Å². The highest BCUT2D eigenvalue weighted by Gasteiger charge is 2.18. The normalized spacial score (nSPS) is 12.6. The number of aromatic nitrogens is 3. The van der Waals surface area contributed by atoms with Crippen molar-refractivity contribution in [3.8, 4) is 0 Å². The molecule has 4 nitrogen and oxygen atoms in total. The van der Waals surface area contributed by atoms with Gasteiger partial charge in [0.15, 0.2) is 0 Å². The molecule has 5 heteroatoms. The zero-order chi connectivity index (χ0) is 13.7. The number of hydrogen-bond acceptors (Lipinski definition) is 3. The molecule has 2 heterocycles. The van der Waals surface area contributed by atoms with E-state index in [0.29, 0.717) is 5.02 Å². The number of rotatable bonds is 6. The zero-order valence-corrected chi connectivity index (χ0v) is 12.1. The topological polar surface area (TPSA) is 42.7 Å². The minimum absolute atomic E-state index is 0.169. The average molecular weight is 279 g/mol. The third-order valence-corrected chi connectivity index (χ3v) is 3.39. The molecule has 1 unspecified atom stereocenters.